The lowest BCUT2D eigenvalue weighted by molar-refractivity contribution is -0.0283. The molecule has 1 fully saturated rings. The van der Waals surface area contributed by atoms with E-state index in [4.69, 9.17) is 18.3 Å². The number of ether oxygens (including phenoxy) is 2. The maximum absolute atomic E-state index is 12.6. The fourth-order valence-corrected chi connectivity index (χ4v) is 5.67. The quantitative estimate of drug-likeness (QED) is 0.384. The summed E-state index contributed by atoms with van der Waals surface area (Å²) in [6, 6.07) is 11.6. The molecule has 2 aliphatic rings. The highest BCUT2D eigenvalue weighted by Gasteiger charge is 2.35. The molecule has 1 atom stereocenters. The Hall–Kier alpha value is -3.80. The summed E-state index contributed by atoms with van der Waals surface area (Å²) < 4.78 is 20.2. The van der Waals surface area contributed by atoms with E-state index in [2.05, 4.69) is 24.8 Å². The van der Waals surface area contributed by atoms with Crippen molar-refractivity contribution in [3.8, 4) is 11.5 Å². The number of aromatic hydroxyl groups is 1. The molecule has 1 amide bonds. The monoisotopic (exact) mass is 581 g/mol. The standard InChI is InChI=1S/C31H39N3O8/c1-20-27(42-30(38)41-20)19-40-29(37)33-14-12-32(13-15-33)28(36)23-7-5-6-22-17-34(18-24(22)23)31(2,3)11-10-21-8-9-25(35)26(16-21)39-4/h5-9,16,28,35-36H,10-15,17-19H2,1-4H3. The highest BCUT2D eigenvalue weighted by atomic mass is 16.6. The molecule has 1 saturated heterocycles. The van der Waals surface area contributed by atoms with Crippen LogP contribution in [0.5, 0.6) is 11.5 Å². The van der Waals surface area contributed by atoms with Gasteiger partial charge in [0.05, 0.1) is 7.11 Å². The summed E-state index contributed by atoms with van der Waals surface area (Å²) in [5.74, 6) is 0.277. The maximum Gasteiger partial charge on any atom is 0.519 e. The minimum atomic E-state index is -0.824. The number of piperazine rings is 1. The number of aliphatic hydroxyl groups is 1. The van der Waals surface area contributed by atoms with Gasteiger partial charge >= 0.3 is 11.9 Å². The second-order valence-corrected chi connectivity index (χ2v) is 11.5. The fourth-order valence-electron chi connectivity index (χ4n) is 5.67. The number of methoxy groups -OCH3 is 1. The number of phenols is 1. The first-order valence-corrected chi connectivity index (χ1v) is 14.2. The van der Waals surface area contributed by atoms with Crippen LogP contribution >= 0.6 is 0 Å². The number of hydrogen-bond acceptors (Lipinski definition) is 10. The topological polar surface area (TPSA) is 129 Å². The van der Waals surface area contributed by atoms with Gasteiger partial charge in [0, 0.05) is 50.4 Å². The molecule has 11 nitrogen and oxygen atoms in total. The number of phenolic OH excluding ortho intramolecular Hbond substituents is 1. The lowest BCUT2D eigenvalue weighted by atomic mass is 9.93. The minimum Gasteiger partial charge on any atom is -0.504 e. The van der Waals surface area contributed by atoms with Crippen molar-refractivity contribution in [2.24, 2.45) is 0 Å². The number of benzene rings is 2. The van der Waals surface area contributed by atoms with Crippen LogP contribution in [0.3, 0.4) is 0 Å². The van der Waals surface area contributed by atoms with Crippen LogP contribution in [0.1, 0.15) is 60.3 Å². The van der Waals surface area contributed by atoms with Crippen molar-refractivity contribution in [1.82, 2.24) is 14.7 Å². The van der Waals surface area contributed by atoms with Gasteiger partial charge in [0.1, 0.15) is 6.23 Å². The predicted octanol–water partition coefficient (Wildman–Crippen LogP) is 3.93. The number of hydrogen-bond donors (Lipinski definition) is 2. The van der Waals surface area contributed by atoms with E-state index >= 15 is 0 Å². The number of aryl methyl sites for hydroxylation is 2. The third kappa shape index (κ3) is 6.33. The Labute approximate surface area is 244 Å². The molecule has 2 aromatic carbocycles. The third-order valence-electron chi connectivity index (χ3n) is 8.50. The molecule has 1 aromatic heterocycles. The fraction of sp³-hybridized carbons (Fsp3) is 0.484. The van der Waals surface area contributed by atoms with E-state index in [0.717, 1.165) is 42.6 Å². The van der Waals surface area contributed by atoms with Crippen LogP contribution in [-0.4, -0.2) is 69.8 Å². The summed E-state index contributed by atoms with van der Waals surface area (Å²) in [7, 11) is 1.55. The zero-order chi connectivity index (χ0) is 30.0. The number of nitrogens with zero attached hydrogens (tertiary/aromatic N) is 3. The lowest BCUT2D eigenvalue weighted by Gasteiger charge is -2.37. The smallest absolute Gasteiger partial charge is 0.504 e. The Balaban J connectivity index is 1.17. The summed E-state index contributed by atoms with van der Waals surface area (Å²) in [6.07, 6.45) is 0.469. The van der Waals surface area contributed by atoms with E-state index in [1.54, 1.807) is 25.0 Å². The van der Waals surface area contributed by atoms with Crippen molar-refractivity contribution in [2.75, 3.05) is 33.3 Å². The Bertz CT molecular complexity index is 1470. The van der Waals surface area contributed by atoms with Crippen LogP contribution in [0.15, 0.2) is 50.0 Å². The van der Waals surface area contributed by atoms with Gasteiger partial charge < -0.3 is 33.4 Å². The van der Waals surface area contributed by atoms with Crippen LogP contribution in [0.4, 0.5) is 4.79 Å². The number of carbonyl (C=O) groups excluding carboxylic acids is 1. The zero-order valence-electron chi connectivity index (χ0n) is 24.6. The molecule has 1 unspecified atom stereocenters. The van der Waals surface area contributed by atoms with Crippen LogP contribution in [-0.2, 0) is 30.9 Å². The molecule has 226 valence electrons. The molecule has 0 bridgehead atoms. The van der Waals surface area contributed by atoms with E-state index in [1.165, 1.54) is 5.56 Å². The molecule has 0 aliphatic carbocycles. The van der Waals surface area contributed by atoms with Gasteiger partial charge in [0.15, 0.2) is 29.6 Å². The maximum atomic E-state index is 12.6. The highest BCUT2D eigenvalue weighted by molar-refractivity contribution is 5.67. The molecule has 5 rings (SSSR count). The van der Waals surface area contributed by atoms with Gasteiger partial charge in [-0.25, -0.2) is 9.59 Å². The molecule has 3 heterocycles. The highest BCUT2D eigenvalue weighted by Crippen LogP contribution is 2.37. The van der Waals surface area contributed by atoms with Crippen LogP contribution in [0.25, 0.3) is 0 Å². The third-order valence-corrected chi connectivity index (χ3v) is 8.50. The molecular weight excluding hydrogens is 542 g/mol. The van der Waals surface area contributed by atoms with Crippen LogP contribution < -0.4 is 10.6 Å². The normalized spacial score (nSPS) is 16.8. The summed E-state index contributed by atoms with van der Waals surface area (Å²) >= 11 is 0. The van der Waals surface area contributed by atoms with Crippen molar-refractivity contribution < 1.29 is 33.3 Å². The van der Waals surface area contributed by atoms with E-state index in [1.807, 2.05) is 29.2 Å². The largest absolute Gasteiger partial charge is 0.519 e. The van der Waals surface area contributed by atoms with Gasteiger partial charge in [-0.2, -0.15) is 0 Å². The first kappa shape index (κ1) is 29.7. The second kappa shape index (κ2) is 12.2. The number of carbonyl (C=O) groups is 1. The molecule has 0 spiro atoms. The Morgan fingerprint density at radius 1 is 1.10 bits per heavy atom. The molecule has 0 saturated carbocycles. The van der Waals surface area contributed by atoms with Crippen LogP contribution in [0, 0.1) is 6.92 Å². The van der Waals surface area contributed by atoms with Crippen molar-refractivity contribution in [2.45, 2.75) is 65.1 Å². The summed E-state index contributed by atoms with van der Waals surface area (Å²) in [5, 5.41) is 21.3. The number of aliphatic hydroxyl groups excluding tert-OH is 1. The Kier molecular flexibility index (Phi) is 8.63. The molecule has 11 heteroatoms. The molecular formula is C31H39N3O8. The van der Waals surface area contributed by atoms with Gasteiger partial charge in [-0.15, -0.1) is 0 Å². The summed E-state index contributed by atoms with van der Waals surface area (Å²) in [5.41, 5.74) is 4.28. The van der Waals surface area contributed by atoms with Crippen molar-refractivity contribution in [3.05, 3.63) is 80.8 Å². The second-order valence-electron chi connectivity index (χ2n) is 11.5. The predicted molar refractivity (Wildman–Crippen MR) is 153 cm³/mol. The molecule has 42 heavy (non-hydrogen) atoms. The van der Waals surface area contributed by atoms with Crippen molar-refractivity contribution >= 4 is 6.09 Å². The average molecular weight is 582 g/mol. The van der Waals surface area contributed by atoms with Crippen molar-refractivity contribution in [1.29, 1.82) is 0 Å². The summed E-state index contributed by atoms with van der Waals surface area (Å²) in [4.78, 5) is 29.8. The van der Waals surface area contributed by atoms with Gasteiger partial charge in [0.2, 0.25) is 0 Å². The van der Waals surface area contributed by atoms with E-state index in [-0.39, 0.29) is 29.4 Å². The van der Waals surface area contributed by atoms with Gasteiger partial charge in [-0.05, 0) is 62.4 Å². The number of rotatable bonds is 9. The minimum absolute atomic E-state index is 0.101. The SMILES string of the molecule is COc1cc(CCC(C)(C)N2Cc3cccc(C(O)N4CCN(C(=O)OCc5oc(=O)oc5C)CC4)c3C2)ccc1O. The van der Waals surface area contributed by atoms with Crippen molar-refractivity contribution in [3.63, 3.8) is 0 Å². The van der Waals surface area contributed by atoms with E-state index < -0.39 is 18.1 Å². The first-order valence-electron chi connectivity index (χ1n) is 14.2. The molecule has 2 N–H and O–H groups in total. The van der Waals surface area contributed by atoms with Crippen LogP contribution in [0.2, 0.25) is 0 Å². The Morgan fingerprint density at radius 2 is 1.86 bits per heavy atom. The summed E-state index contributed by atoms with van der Waals surface area (Å²) in [6.45, 7) is 9.22. The number of amides is 1. The van der Waals surface area contributed by atoms with Gasteiger partial charge in [-0.1, -0.05) is 24.3 Å². The first-order chi connectivity index (χ1) is 20.1. The van der Waals surface area contributed by atoms with Gasteiger partial charge in [-0.3, -0.25) is 9.80 Å². The zero-order valence-corrected chi connectivity index (χ0v) is 24.6. The van der Waals surface area contributed by atoms with E-state index in [0.29, 0.717) is 31.9 Å². The molecule has 2 aliphatic heterocycles. The number of fused-ring (bicyclic) bond motifs is 1. The molecule has 0 radical (unpaired) electrons. The lowest BCUT2D eigenvalue weighted by Crippen LogP contribution is -2.50. The Morgan fingerprint density at radius 3 is 2.55 bits per heavy atom. The molecule has 3 aromatic rings. The average Bonchev–Trinajstić information content (AvgIpc) is 3.57. The van der Waals surface area contributed by atoms with Gasteiger partial charge in [0.25, 0.3) is 0 Å². The van der Waals surface area contributed by atoms with E-state index in [9.17, 15) is 19.8 Å².